The summed E-state index contributed by atoms with van der Waals surface area (Å²) in [7, 11) is 1.72. The van der Waals surface area contributed by atoms with Gasteiger partial charge in [-0.15, -0.1) is 0 Å². The smallest absolute Gasteiger partial charge is 0.251 e. The van der Waals surface area contributed by atoms with Gasteiger partial charge >= 0.3 is 0 Å². The quantitative estimate of drug-likeness (QED) is 0.335. The zero-order valence-electron chi connectivity index (χ0n) is 17.8. The normalized spacial score (nSPS) is 14.8. The van der Waals surface area contributed by atoms with Crippen LogP contribution in [0.5, 0.6) is 0 Å². The van der Waals surface area contributed by atoms with Gasteiger partial charge in [0.15, 0.2) is 5.96 Å². The van der Waals surface area contributed by atoms with Gasteiger partial charge < -0.3 is 16.0 Å². The monoisotopic (exact) mass is 410 g/mol. The van der Waals surface area contributed by atoms with Crippen LogP contribution in [0.1, 0.15) is 54.1 Å². The van der Waals surface area contributed by atoms with Gasteiger partial charge in [-0.1, -0.05) is 43.7 Å². The highest BCUT2D eigenvalue weighted by molar-refractivity contribution is 5.94. The second-order valence-corrected chi connectivity index (χ2v) is 7.85. The van der Waals surface area contributed by atoms with E-state index in [9.17, 15) is 9.18 Å². The molecule has 0 heterocycles. The van der Waals surface area contributed by atoms with E-state index in [4.69, 9.17) is 0 Å². The van der Waals surface area contributed by atoms with Gasteiger partial charge in [-0.3, -0.25) is 9.79 Å². The van der Waals surface area contributed by atoms with E-state index in [-0.39, 0.29) is 17.1 Å². The van der Waals surface area contributed by atoms with Gasteiger partial charge in [-0.05, 0) is 48.6 Å². The number of nitrogens with zero attached hydrogens (tertiary/aromatic N) is 1. The minimum atomic E-state index is -0.143. The summed E-state index contributed by atoms with van der Waals surface area (Å²) < 4.78 is 14.2. The van der Waals surface area contributed by atoms with Crippen molar-refractivity contribution in [1.82, 2.24) is 16.0 Å². The van der Waals surface area contributed by atoms with Crippen LogP contribution in [0.15, 0.2) is 53.5 Å². The zero-order valence-corrected chi connectivity index (χ0v) is 17.8. The van der Waals surface area contributed by atoms with Crippen LogP contribution in [0.3, 0.4) is 0 Å². The molecule has 0 spiro atoms. The number of carbonyl (C=O) groups is 1. The molecule has 1 fully saturated rings. The lowest BCUT2D eigenvalue weighted by Gasteiger charge is -2.19. The first-order valence-corrected chi connectivity index (χ1v) is 10.6. The fourth-order valence-electron chi connectivity index (χ4n) is 3.50. The number of guanidine groups is 1. The molecule has 0 aliphatic heterocycles. The number of amides is 1. The van der Waals surface area contributed by atoms with Gasteiger partial charge in [0.1, 0.15) is 5.82 Å². The Morgan fingerprint density at radius 2 is 1.80 bits per heavy atom. The van der Waals surface area contributed by atoms with E-state index in [1.165, 1.54) is 6.07 Å². The average Bonchev–Trinajstić information content (AvgIpc) is 3.55. The highest BCUT2D eigenvalue weighted by Crippen LogP contribution is 2.48. The van der Waals surface area contributed by atoms with Crippen molar-refractivity contribution in [3.05, 3.63) is 71.0 Å². The molecular formula is C24H31FN4O. The molecule has 2 aromatic rings. The van der Waals surface area contributed by atoms with E-state index in [1.807, 2.05) is 36.4 Å². The summed E-state index contributed by atoms with van der Waals surface area (Å²) in [6.07, 6.45) is 3.99. The number of aliphatic imine (C=N–C) groups is 1. The highest BCUT2D eigenvalue weighted by Gasteiger charge is 2.45. The molecule has 30 heavy (non-hydrogen) atoms. The van der Waals surface area contributed by atoms with Gasteiger partial charge in [-0.2, -0.15) is 0 Å². The maximum Gasteiger partial charge on any atom is 0.251 e. The molecule has 160 valence electrons. The first kappa shape index (κ1) is 21.8. The van der Waals surface area contributed by atoms with Crippen LogP contribution in [-0.4, -0.2) is 32.0 Å². The number of hydrogen-bond donors (Lipinski definition) is 3. The summed E-state index contributed by atoms with van der Waals surface area (Å²) >= 11 is 0. The van der Waals surface area contributed by atoms with Gasteiger partial charge in [0.2, 0.25) is 0 Å². The average molecular weight is 411 g/mol. The maximum absolute atomic E-state index is 14.2. The topological polar surface area (TPSA) is 65.5 Å². The Balaban J connectivity index is 1.49. The third-order valence-corrected chi connectivity index (χ3v) is 5.61. The van der Waals surface area contributed by atoms with E-state index in [2.05, 4.69) is 27.9 Å². The van der Waals surface area contributed by atoms with Gasteiger partial charge in [-0.25, -0.2) is 4.39 Å². The van der Waals surface area contributed by atoms with Crippen LogP contribution in [0.4, 0.5) is 4.39 Å². The zero-order chi connectivity index (χ0) is 21.4. The lowest BCUT2D eigenvalue weighted by Crippen LogP contribution is -2.41. The Morgan fingerprint density at radius 3 is 2.43 bits per heavy atom. The third-order valence-electron chi connectivity index (χ3n) is 5.61. The van der Waals surface area contributed by atoms with E-state index >= 15 is 0 Å². The number of carbonyl (C=O) groups excluding carboxylic acids is 1. The predicted molar refractivity (Wildman–Crippen MR) is 119 cm³/mol. The Kier molecular flexibility index (Phi) is 7.44. The second kappa shape index (κ2) is 10.2. The van der Waals surface area contributed by atoms with Crippen molar-refractivity contribution in [2.24, 2.45) is 4.99 Å². The number of unbranched alkanes of at least 4 members (excludes halogenated alkanes) is 1. The van der Waals surface area contributed by atoms with E-state index < -0.39 is 0 Å². The molecule has 0 bridgehead atoms. The van der Waals surface area contributed by atoms with Crippen LogP contribution in [0.25, 0.3) is 0 Å². The van der Waals surface area contributed by atoms with Crippen LogP contribution in [-0.2, 0) is 12.0 Å². The molecule has 6 heteroatoms. The van der Waals surface area contributed by atoms with Gasteiger partial charge in [0, 0.05) is 37.7 Å². The fraction of sp³-hybridized carbons (Fsp3) is 0.417. The number of halogens is 1. The molecule has 0 unspecified atom stereocenters. The van der Waals surface area contributed by atoms with Crippen LogP contribution < -0.4 is 16.0 Å². The van der Waals surface area contributed by atoms with E-state index in [0.717, 1.165) is 36.8 Å². The summed E-state index contributed by atoms with van der Waals surface area (Å²) in [6, 6.07) is 14.6. The second-order valence-electron chi connectivity index (χ2n) is 7.85. The number of rotatable bonds is 9. The van der Waals surface area contributed by atoms with Crippen molar-refractivity contribution < 1.29 is 9.18 Å². The first-order valence-electron chi connectivity index (χ1n) is 10.6. The molecule has 0 saturated heterocycles. The molecule has 3 N–H and O–H groups in total. The van der Waals surface area contributed by atoms with Crippen molar-refractivity contribution in [3.63, 3.8) is 0 Å². The largest absolute Gasteiger partial charge is 0.356 e. The molecule has 0 atom stereocenters. The van der Waals surface area contributed by atoms with Crippen LogP contribution in [0, 0.1) is 5.82 Å². The lowest BCUT2D eigenvalue weighted by molar-refractivity contribution is 0.0953. The predicted octanol–water partition coefficient (Wildman–Crippen LogP) is 3.75. The Morgan fingerprint density at radius 1 is 1.07 bits per heavy atom. The van der Waals surface area contributed by atoms with Crippen molar-refractivity contribution in [2.45, 2.75) is 44.6 Å². The van der Waals surface area contributed by atoms with Crippen molar-refractivity contribution >= 4 is 11.9 Å². The van der Waals surface area contributed by atoms with Gasteiger partial charge in [0.05, 0.1) is 0 Å². The standard InChI is InChI=1S/C24H31FN4O/c1-3-4-15-27-22(30)19-11-9-18(10-12-19)16-28-23(26-2)29-17-24(13-14-24)20-7-5-6-8-21(20)25/h5-12H,3-4,13-17H2,1-2H3,(H,27,30)(H2,26,28,29). The highest BCUT2D eigenvalue weighted by atomic mass is 19.1. The van der Waals surface area contributed by atoms with Crippen molar-refractivity contribution in [3.8, 4) is 0 Å². The molecule has 3 rings (SSSR count). The number of hydrogen-bond acceptors (Lipinski definition) is 2. The third kappa shape index (κ3) is 5.59. The first-order chi connectivity index (χ1) is 14.6. The molecule has 1 aliphatic carbocycles. The minimum absolute atomic E-state index is 0.0386. The fourth-order valence-corrected chi connectivity index (χ4v) is 3.50. The maximum atomic E-state index is 14.2. The molecule has 1 amide bonds. The number of benzene rings is 2. The number of nitrogens with one attached hydrogen (secondary N) is 3. The Labute approximate surface area is 178 Å². The van der Waals surface area contributed by atoms with E-state index in [1.54, 1.807) is 13.1 Å². The van der Waals surface area contributed by atoms with Crippen LogP contribution in [0.2, 0.25) is 0 Å². The lowest BCUT2D eigenvalue weighted by atomic mass is 9.95. The molecule has 5 nitrogen and oxygen atoms in total. The van der Waals surface area contributed by atoms with E-state index in [0.29, 0.717) is 31.2 Å². The summed E-state index contributed by atoms with van der Waals surface area (Å²) in [4.78, 5) is 16.4. The van der Waals surface area contributed by atoms with Crippen molar-refractivity contribution in [2.75, 3.05) is 20.1 Å². The Hall–Kier alpha value is -2.89. The molecule has 1 saturated carbocycles. The molecule has 2 aromatic carbocycles. The molecule has 0 aromatic heterocycles. The SMILES string of the molecule is CCCCNC(=O)c1ccc(CNC(=NC)NCC2(c3ccccc3F)CC2)cc1. The summed E-state index contributed by atoms with van der Waals surface area (Å²) in [5.74, 6) is 0.501. The molecule has 1 aliphatic rings. The Bertz CT molecular complexity index is 875. The summed E-state index contributed by atoms with van der Waals surface area (Å²) in [5.41, 5.74) is 2.35. The van der Waals surface area contributed by atoms with Gasteiger partial charge in [0.25, 0.3) is 5.91 Å². The van der Waals surface area contributed by atoms with Crippen molar-refractivity contribution in [1.29, 1.82) is 0 Å². The summed E-state index contributed by atoms with van der Waals surface area (Å²) in [6.45, 7) is 4.03. The molecule has 0 radical (unpaired) electrons. The summed E-state index contributed by atoms with van der Waals surface area (Å²) in [5, 5.41) is 9.54. The molecular weight excluding hydrogens is 379 g/mol. The van der Waals surface area contributed by atoms with Crippen LogP contribution >= 0.6 is 0 Å². The minimum Gasteiger partial charge on any atom is -0.356 e.